The van der Waals surface area contributed by atoms with E-state index in [9.17, 15) is 19.7 Å². The van der Waals surface area contributed by atoms with Crippen molar-refractivity contribution in [3.8, 4) is 5.75 Å². The van der Waals surface area contributed by atoms with Crippen LogP contribution in [0.1, 0.15) is 43.0 Å². The first-order chi connectivity index (χ1) is 13.0. The quantitative estimate of drug-likeness (QED) is 0.294. The highest BCUT2D eigenvalue weighted by Gasteiger charge is 2.17. The van der Waals surface area contributed by atoms with E-state index in [1.54, 1.807) is 24.3 Å². The van der Waals surface area contributed by atoms with Gasteiger partial charge in [0.15, 0.2) is 12.4 Å². The molecule has 8 heteroatoms. The third-order valence-electron chi connectivity index (χ3n) is 3.78. The number of nitrogens with one attached hydrogen (secondary N) is 1. The van der Waals surface area contributed by atoms with Crippen LogP contribution in [0.25, 0.3) is 0 Å². The molecule has 0 aliphatic carbocycles. The van der Waals surface area contributed by atoms with Crippen LogP contribution in [-0.2, 0) is 4.79 Å². The van der Waals surface area contributed by atoms with E-state index in [0.29, 0.717) is 17.7 Å². The van der Waals surface area contributed by atoms with Gasteiger partial charge in [0.05, 0.1) is 0 Å². The molecule has 2 rings (SSSR count). The van der Waals surface area contributed by atoms with Gasteiger partial charge in [-0.2, -0.15) is 0 Å². The maximum Gasteiger partial charge on any atom is 0.406 e. The largest absolute Gasteiger partial charge is 0.477 e. The smallest absolute Gasteiger partial charge is 0.406 e. The summed E-state index contributed by atoms with van der Waals surface area (Å²) < 4.78 is 5.24. The maximum atomic E-state index is 12.2. The first-order valence-electron chi connectivity index (χ1n) is 8.66. The Morgan fingerprint density at radius 1 is 1.19 bits per heavy atom. The van der Waals surface area contributed by atoms with Gasteiger partial charge in [0.2, 0.25) is 11.7 Å². The third kappa shape index (κ3) is 6.18. The van der Waals surface area contributed by atoms with Crippen LogP contribution < -0.4 is 10.1 Å². The number of aromatic nitrogens is 1. The number of carbonyl (C=O) groups excluding carboxylic acids is 2. The molecule has 0 aliphatic heterocycles. The number of anilines is 1. The SMILES string of the molecule is CCCCCC(=O)Nc1ccc(C(=O)COc2cccnc2[N+](=O)[O-])cc1. The van der Waals surface area contributed by atoms with Gasteiger partial charge in [-0.25, -0.2) is 0 Å². The second-order valence-electron chi connectivity index (χ2n) is 5.88. The highest BCUT2D eigenvalue weighted by Crippen LogP contribution is 2.23. The molecule has 1 amide bonds. The summed E-state index contributed by atoms with van der Waals surface area (Å²) in [5.41, 5.74) is 0.988. The lowest BCUT2D eigenvalue weighted by molar-refractivity contribution is -0.390. The summed E-state index contributed by atoms with van der Waals surface area (Å²) in [6, 6.07) is 9.30. The molecule has 0 bridgehead atoms. The van der Waals surface area contributed by atoms with Gasteiger partial charge in [-0.3, -0.25) is 9.59 Å². The number of carbonyl (C=O) groups is 2. The van der Waals surface area contributed by atoms with Gasteiger partial charge in [0.25, 0.3) is 0 Å². The zero-order valence-corrected chi connectivity index (χ0v) is 15.0. The lowest BCUT2D eigenvalue weighted by Crippen LogP contribution is -2.13. The van der Waals surface area contributed by atoms with Crippen LogP contribution in [0.4, 0.5) is 11.5 Å². The highest BCUT2D eigenvalue weighted by molar-refractivity contribution is 5.98. The Labute approximate surface area is 156 Å². The van der Waals surface area contributed by atoms with Gasteiger partial charge in [-0.05, 0) is 52.7 Å². The van der Waals surface area contributed by atoms with Crippen molar-refractivity contribution in [3.05, 3.63) is 58.3 Å². The molecular formula is C19H21N3O5. The summed E-state index contributed by atoms with van der Waals surface area (Å²) >= 11 is 0. The Hall–Kier alpha value is -3.29. The van der Waals surface area contributed by atoms with E-state index in [-0.39, 0.29) is 24.0 Å². The number of unbranched alkanes of at least 4 members (excludes halogenated alkanes) is 2. The van der Waals surface area contributed by atoms with Crippen molar-refractivity contribution < 1.29 is 19.2 Å². The Balaban J connectivity index is 1.90. The summed E-state index contributed by atoms with van der Waals surface area (Å²) in [6.45, 7) is 1.72. The zero-order chi connectivity index (χ0) is 19.6. The molecule has 0 unspecified atom stereocenters. The van der Waals surface area contributed by atoms with Crippen molar-refractivity contribution in [1.29, 1.82) is 0 Å². The summed E-state index contributed by atoms with van der Waals surface area (Å²) in [5, 5.41) is 13.7. The van der Waals surface area contributed by atoms with Crippen molar-refractivity contribution >= 4 is 23.2 Å². The van der Waals surface area contributed by atoms with Gasteiger partial charge in [0, 0.05) is 17.7 Å². The summed E-state index contributed by atoms with van der Waals surface area (Å²) in [7, 11) is 0. The van der Waals surface area contributed by atoms with Gasteiger partial charge < -0.3 is 20.2 Å². The van der Waals surface area contributed by atoms with Crippen LogP contribution >= 0.6 is 0 Å². The van der Waals surface area contributed by atoms with E-state index < -0.39 is 10.7 Å². The van der Waals surface area contributed by atoms with Gasteiger partial charge in [0.1, 0.15) is 6.20 Å². The van der Waals surface area contributed by atoms with Crippen molar-refractivity contribution in [2.45, 2.75) is 32.6 Å². The van der Waals surface area contributed by atoms with Crippen molar-refractivity contribution in [1.82, 2.24) is 4.98 Å². The Bertz CT molecular complexity index is 805. The number of nitrogens with zero attached hydrogens (tertiary/aromatic N) is 2. The zero-order valence-electron chi connectivity index (χ0n) is 15.0. The second kappa shape index (κ2) is 10.0. The molecule has 1 heterocycles. The van der Waals surface area contributed by atoms with E-state index in [2.05, 4.69) is 17.2 Å². The predicted molar refractivity (Wildman–Crippen MR) is 99.9 cm³/mol. The third-order valence-corrected chi connectivity index (χ3v) is 3.78. The first kappa shape index (κ1) is 20.0. The highest BCUT2D eigenvalue weighted by atomic mass is 16.6. The molecular weight excluding hydrogens is 350 g/mol. The number of benzene rings is 1. The molecule has 2 aromatic rings. The Kier molecular flexibility index (Phi) is 7.42. The summed E-state index contributed by atoms with van der Waals surface area (Å²) in [4.78, 5) is 37.8. The fourth-order valence-electron chi connectivity index (χ4n) is 2.36. The molecule has 0 radical (unpaired) electrons. The topological polar surface area (TPSA) is 111 Å². The van der Waals surface area contributed by atoms with Crippen molar-refractivity contribution in [2.75, 3.05) is 11.9 Å². The number of hydrogen-bond acceptors (Lipinski definition) is 6. The maximum absolute atomic E-state index is 12.2. The van der Waals surface area contributed by atoms with E-state index in [1.807, 2.05) is 0 Å². The minimum absolute atomic E-state index is 0.0604. The number of Topliss-reactive ketones (excluding diaryl/α,β-unsaturated/α-hetero) is 1. The molecule has 0 fully saturated rings. The van der Waals surface area contributed by atoms with Crippen LogP contribution in [0, 0.1) is 10.1 Å². The summed E-state index contributed by atoms with van der Waals surface area (Å²) in [6.07, 6.45) is 4.65. The van der Waals surface area contributed by atoms with Gasteiger partial charge in [-0.15, -0.1) is 0 Å². The molecule has 27 heavy (non-hydrogen) atoms. The van der Waals surface area contributed by atoms with Crippen LogP contribution in [0.3, 0.4) is 0 Å². The van der Waals surface area contributed by atoms with Crippen molar-refractivity contribution in [2.24, 2.45) is 0 Å². The second-order valence-corrected chi connectivity index (χ2v) is 5.88. The van der Waals surface area contributed by atoms with Gasteiger partial charge >= 0.3 is 5.82 Å². The van der Waals surface area contributed by atoms with Crippen LogP contribution in [0.15, 0.2) is 42.6 Å². The molecule has 1 aromatic carbocycles. The number of ether oxygens (including phenoxy) is 1. The number of amides is 1. The molecule has 1 aromatic heterocycles. The van der Waals surface area contributed by atoms with Crippen LogP contribution in [-0.4, -0.2) is 28.2 Å². The lowest BCUT2D eigenvalue weighted by atomic mass is 10.1. The Morgan fingerprint density at radius 2 is 1.93 bits per heavy atom. The molecule has 1 N–H and O–H groups in total. The number of rotatable bonds is 10. The minimum atomic E-state index is -0.669. The number of pyridine rings is 1. The van der Waals surface area contributed by atoms with E-state index >= 15 is 0 Å². The summed E-state index contributed by atoms with van der Waals surface area (Å²) in [5.74, 6) is -0.901. The van der Waals surface area contributed by atoms with Gasteiger partial charge in [-0.1, -0.05) is 19.8 Å². The monoisotopic (exact) mass is 371 g/mol. The molecule has 0 spiro atoms. The molecule has 0 atom stereocenters. The first-order valence-corrected chi connectivity index (χ1v) is 8.66. The molecule has 142 valence electrons. The molecule has 0 saturated heterocycles. The van der Waals surface area contributed by atoms with E-state index in [0.717, 1.165) is 19.3 Å². The van der Waals surface area contributed by atoms with Crippen LogP contribution in [0.2, 0.25) is 0 Å². The Morgan fingerprint density at radius 3 is 2.59 bits per heavy atom. The number of nitro groups is 1. The van der Waals surface area contributed by atoms with E-state index in [1.165, 1.54) is 18.3 Å². The normalized spacial score (nSPS) is 10.3. The average molecular weight is 371 g/mol. The standard InChI is InChI=1S/C19H21N3O5/c1-2-3-4-7-18(24)21-15-10-8-14(9-11-15)16(23)13-27-17-6-5-12-20-19(17)22(25)26/h5-6,8-12H,2-4,7,13H2,1H3,(H,21,24). The number of hydrogen-bond donors (Lipinski definition) is 1. The minimum Gasteiger partial charge on any atom is -0.477 e. The number of ketones is 1. The molecule has 8 nitrogen and oxygen atoms in total. The fraction of sp³-hybridized carbons (Fsp3) is 0.316. The van der Waals surface area contributed by atoms with Crippen LogP contribution in [0.5, 0.6) is 5.75 Å². The predicted octanol–water partition coefficient (Wildman–Crippen LogP) is 3.77. The molecule has 0 aliphatic rings. The van der Waals surface area contributed by atoms with E-state index in [4.69, 9.17) is 4.74 Å². The lowest BCUT2D eigenvalue weighted by Gasteiger charge is -2.07. The fourth-order valence-corrected chi connectivity index (χ4v) is 2.36. The average Bonchev–Trinajstić information content (AvgIpc) is 2.67. The molecule has 0 saturated carbocycles. The van der Waals surface area contributed by atoms with Crippen molar-refractivity contribution in [3.63, 3.8) is 0 Å².